The SMILES string of the molecule is Cc1nc2n(n1)C1(n3nc(C(F)(F)F)nc3-c3cncc[n+]31)[n+]1ccncc1-2. The Kier molecular flexibility index (Phi) is 2.49. The van der Waals surface area contributed by atoms with Gasteiger partial charge in [0.15, 0.2) is 12.4 Å². The van der Waals surface area contributed by atoms with Gasteiger partial charge in [-0.1, -0.05) is 18.5 Å². The van der Waals surface area contributed by atoms with Crippen LogP contribution < -0.4 is 9.13 Å². The predicted octanol–water partition coefficient (Wildman–Crippen LogP) is -0.265. The summed E-state index contributed by atoms with van der Waals surface area (Å²) in [6.07, 6.45) is 4.67. The molecule has 28 heavy (non-hydrogen) atoms. The van der Waals surface area contributed by atoms with Gasteiger partial charge >= 0.3 is 12.1 Å². The maximum Gasteiger partial charge on any atom is 0.586 e. The number of halogens is 3. The molecule has 0 aliphatic carbocycles. The lowest BCUT2D eigenvalue weighted by atomic mass is 10.4. The highest BCUT2D eigenvalue weighted by atomic mass is 19.4. The van der Waals surface area contributed by atoms with E-state index in [1.165, 1.54) is 28.0 Å². The van der Waals surface area contributed by atoms with Crippen molar-refractivity contribution < 1.29 is 22.3 Å². The highest BCUT2D eigenvalue weighted by molar-refractivity contribution is 5.50. The quantitative estimate of drug-likeness (QED) is 0.334. The molecule has 2 aliphatic rings. The van der Waals surface area contributed by atoms with Gasteiger partial charge in [0.05, 0.1) is 12.4 Å². The van der Waals surface area contributed by atoms with Crippen LogP contribution in [0.1, 0.15) is 11.6 Å². The van der Waals surface area contributed by atoms with E-state index < -0.39 is 17.9 Å². The van der Waals surface area contributed by atoms with Crippen LogP contribution in [0.3, 0.4) is 0 Å². The summed E-state index contributed by atoms with van der Waals surface area (Å²) in [4.78, 5) is 16.4. The molecule has 1 atom stereocenters. The molecular formula is C15H9F3N10+2. The van der Waals surface area contributed by atoms with Crippen LogP contribution in [0.25, 0.3) is 23.0 Å². The number of aromatic nitrogens is 10. The number of aryl methyl sites for hydroxylation is 1. The lowest BCUT2D eigenvalue weighted by molar-refractivity contribution is -0.991. The summed E-state index contributed by atoms with van der Waals surface area (Å²) in [5.41, 5.74) is 0.942. The van der Waals surface area contributed by atoms with Crippen LogP contribution in [-0.4, -0.2) is 39.5 Å². The van der Waals surface area contributed by atoms with Crippen molar-refractivity contribution in [3.63, 3.8) is 0 Å². The van der Waals surface area contributed by atoms with Crippen molar-refractivity contribution in [2.24, 2.45) is 0 Å². The van der Waals surface area contributed by atoms with E-state index in [0.717, 1.165) is 0 Å². The third-order valence-corrected chi connectivity index (χ3v) is 4.76. The van der Waals surface area contributed by atoms with E-state index >= 15 is 0 Å². The molecular weight excluding hydrogens is 377 g/mol. The van der Waals surface area contributed by atoms with Crippen molar-refractivity contribution in [1.82, 2.24) is 39.5 Å². The Hall–Kier alpha value is -3.77. The van der Waals surface area contributed by atoms with E-state index in [2.05, 4.69) is 30.1 Å². The van der Waals surface area contributed by atoms with Gasteiger partial charge in [-0.25, -0.2) is 4.98 Å². The molecule has 6 rings (SSSR count). The molecule has 138 valence electrons. The van der Waals surface area contributed by atoms with Gasteiger partial charge in [-0.15, -0.1) is 10.2 Å². The Morgan fingerprint density at radius 1 is 0.893 bits per heavy atom. The first-order valence-electron chi connectivity index (χ1n) is 8.14. The molecule has 13 heteroatoms. The summed E-state index contributed by atoms with van der Waals surface area (Å²) in [7, 11) is 0. The average Bonchev–Trinajstić information content (AvgIpc) is 3.37. The minimum atomic E-state index is -4.70. The largest absolute Gasteiger partial charge is 0.586 e. The monoisotopic (exact) mass is 386 g/mol. The molecule has 2 aliphatic heterocycles. The smallest absolute Gasteiger partial charge is 0.251 e. The molecule has 10 nitrogen and oxygen atoms in total. The normalized spacial score (nSPS) is 18.9. The molecule has 4 aromatic rings. The zero-order chi connectivity index (χ0) is 19.3. The number of hydrogen-bond acceptors (Lipinski definition) is 6. The Balaban J connectivity index is 1.81. The van der Waals surface area contributed by atoms with Crippen LogP contribution in [0, 0.1) is 6.92 Å². The van der Waals surface area contributed by atoms with E-state index in [1.54, 1.807) is 34.6 Å². The molecule has 0 bridgehead atoms. The first-order chi connectivity index (χ1) is 13.4. The summed E-state index contributed by atoms with van der Waals surface area (Å²) >= 11 is 0. The minimum absolute atomic E-state index is 0.0247. The first kappa shape index (κ1) is 15.3. The fourth-order valence-corrected chi connectivity index (χ4v) is 3.79. The Morgan fingerprint density at radius 3 is 2.07 bits per heavy atom. The number of alkyl halides is 3. The van der Waals surface area contributed by atoms with Crippen LogP contribution >= 0.6 is 0 Å². The van der Waals surface area contributed by atoms with Gasteiger partial charge in [-0.05, 0) is 6.92 Å². The lowest BCUT2D eigenvalue weighted by Crippen LogP contribution is -2.77. The molecule has 0 saturated carbocycles. The second-order valence-corrected chi connectivity index (χ2v) is 6.33. The topological polar surface area (TPSA) is 95.0 Å². The molecule has 0 fully saturated rings. The van der Waals surface area contributed by atoms with E-state index in [4.69, 9.17) is 0 Å². The Labute approximate surface area is 153 Å². The molecule has 4 aromatic heterocycles. The van der Waals surface area contributed by atoms with E-state index in [-0.39, 0.29) is 5.82 Å². The Bertz CT molecular complexity index is 1290. The van der Waals surface area contributed by atoms with Crippen LogP contribution in [0.4, 0.5) is 13.2 Å². The van der Waals surface area contributed by atoms with Crippen molar-refractivity contribution in [2.45, 2.75) is 19.0 Å². The first-order valence-corrected chi connectivity index (χ1v) is 8.14. The second-order valence-electron chi connectivity index (χ2n) is 6.33. The van der Waals surface area contributed by atoms with E-state index in [0.29, 0.717) is 23.0 Å². The summed E-state index contributed by atoms with van der Waals surface area (Å²) in [6.45, 7) is 1.70. The van der Waals surface area contributed by atoms with Crippen molar-refractivity contribution >= 4 is 0 Å². The third-order valence-electron chi connectivity index (χ3n) is 4.76. The van der Waals surface area contributed by atoms with Gasteiger partial charge in [0.2, 0.25) is 11.6 Å². The summed E-state index contributed by atoms with van der Waals surface area (Å²) in [5.74, 6) is -1.72. The van der Waals surface area contributed by atoms with Crippen molar-refractivity contribution in [1.29, 1.82) is 0 Å². The van der Waals surface area contributed by atoms with Gasteiger partial charge in [0, 0.05) is 0 Å². The minimum Gasteiger partial charge on any atom is -0.251 e. The third kappa shape index (κ3) is 1.56. The molecule has 1 unspecified atom stereocenters. The predicted molar refractivity (Wildman–Crippen MR) is 80.8 cm³/mol. The maximum atomic E-state index is 13.4. The maximum absolute atomic E-state index is 13.4. The summed E-state index contributed by atoms with van der Waals surface area (Å²) < 4.78 is 46.3. The van der Waals surface area contributed by atoms with Gasteiger partial charge in [-0.2, -0.15) is 18.2 Å². The second kappa shape index (κ2) is 4.55. The molecule has 0 aromatic carbocycles. The highest BCUT2D eigenvalue weighted by Gasteiger charge is 2.71. The zero-order valence-corrected chi connectivity index (χ0v) is 14.1. The molecule has 0 radical (unpaired) electrons. The average molecular weight is 386 g/mol. The Morgan fingerprint density at radius 2 is 1.46 bits per heavy atom. The number of hydrogen-bond donors (Lipinski definition) is 0. The van der Waals surface area contributed by atoms with Crippen molar-refractivity contribution in [3.8, 4) is 23.0 Å². The summed E-state index contributed by atoms with van der Waals surface area (Å²) in [6, 6.07) is 0. The number of fused-ring (bicyclic) bond motifs is 10. The van der Waals surface area contributed by atoms with Gasteiger partial charge in [0.1, 0.15) is 18.2 Å². The van der Waals surface area contributed by atoms with Crippen molar-refractivity contribution in [2.75, 3.05) is 0 Å². The zero-order valence-electron chi connectivity index (χ0n) is 14.1. The van der Waals surface area contributed by atoms with Crippen LogP contribution in [0.15, 0.2) is 37.2 Å². The van der Waals surface area contributed by atoms with Crippen LogP contribution in [-0.2, 0) is 12.1 Å². The highest BCUT2D eigenvalue weighted by Crippen LogP contribution is 2.37. The van der Waals surface area contributed by atoms with Gasteiger partial charge in [-0.3, -0.25) is 9.97 Å². The molecule has 0 amide bonds. The standard InChI is InChI=1S/C15H9F3N10/c1-8-21-11-9-6-19-2-4-25(9)15(27(11)23-8)26-5-3-20-7-10(26)12-22-13(14(16,17)18)24-28(12)15/h2-7H,1H3/q+2. The van der Waals surface area contributed by atoms with Crippen molar-refractivity contribution in [3.05, 3.63) is 48.8 Å². The van der Waals surface area contributed by atoms with Gasteiger partial charge in [0.25, 0.3) is 17.2 Å². The van der Waals surface area contributed by atoms with Crippen LogP contribution in [0.2, 0.25) is 0 Å². The molecule has 6 heterocycles. The van der Waals surface area contributed by atoms with Gasteiger partial charge < -0.3 is 0 Å². The number of nitrogens with zero attached hydrogens (tertiary/aromatic N) is 10. The lowest BCUT2D eigenvalue weighted by Gasteiger charge is -2.14. The molecule has 0 saturated heterocycles. The molecule has 0 N–H and O–H groups in total. The van der Waals surface area contributed by atoms with Crippen LogP contribution in [0.5, 0.6) is 0 Å². The summed E-state index contributed by atoms with van der Waals surface area (Å²) in [5, 5.41) is 8.28. The fraction of sp³-hybridized carbons (Fsp3) is 0.200. The van der Waals surface area contributed by atoms with E-state index in [1.807, 2.05) is 0 Å². The number of rotatable bonds is 0. The van der Waals surface area contributed by atoms with E-state index in [9.17, 15) is 13.2 Å². The molecule has 1 spiro atoms. The fourth-order valence-electron chi connectivity index (χ4n) is 3.79.